The van der Waals surface area contributed by atoms with Crippen molar-refractivity contribution in [3.8, 4) is 0 Å². The summed E-state index contributed by atoms with van der Waals surface area (Å²) in [5, 5.41) is 21.9. The van der Waals surface area contributed by atoms with Gasteiger partial charge in [0.15, 0.2) is 5.84 Å². The average Bonchev–Trinajstić information content (AvgIpc) is 2.45. The van der Waals surface area contributed by atoms with Crippen LogP contribution in [-0.4, -0.2) is 33.0 Å². The van der Waals surface area contributed by atoms with E-state index in [4.69, 9.17) is 16.0 Å². The first-order valence-corrected chi connectivity index (χ1v) is 7.32. The Morgan fingerprint density at radius 3 is 2.95 bits per heavy atom. The molecule has 0 radical (unpaired) electrons. The highest BCUT2D eigenvalue weighted by Crippen LogP contribution is 2.29. The number of aliphatic hydroxyl groups is 1. The number of fused-ring (bicyclic) bond motifs is 1. The topological polar surface area (TPSA) is 91.7 Å². The van der Waals surface area contributed by atoms with E-state index in [2.05, 4.69) is 10.1 Å². The Balaban J connectivity index is 2.43. The molecule has 1 aliphatic carbocycles. The van der Waals surface area contributed by atoms with Gasteiger partial charge < -0.3 is 16.0 Å². The molecular weight excluding hydrogens is 262 g/mol. The molecule has 1 aromatic heterocycles. The highest BCUT2D eigenvalue weighted by molar-refractivity contribution is 7.99. The Labute approximate surface area is 116 Å². The zero-order valence-electron chi connectivity index (χ0n) is 11.0. The molecule has 0 saturated carbocycles. The number of hydrogen-bond acceptors (Lipinski definition) is 5. The third-order valence-electron chi connectivity index (χ3n) is 3.22. The molecule has 0 spiro atoms. The third-order valence-corrected chi connectivity index (χ3v) is 4.31. The van der Waals surface area contributed by atoms with Crippen LogP contribution in [0.1, 0.15) is 36.6 Å². The Kier molecular flexibility index (Phi) is 4.66. The van der Waals surface area contributed by atoms with Gasteiger partial charge in [0.25, 0.3) is 0 Å². The van der Waals surface area contributed by atoms with Gasteiger partial charge in [-0.3, -0.25) is 0 Å². The van der Waals surface area contributed by atoms with Crippen LogP contribution in [0.25, 0.3) is 0 Å². The molecule has 0 fully saturated rings. The van der Waals surface area contributed by atoms with Crippen LogP contribution in [0.3, 0.4) is 0 Å². The van der Waals surface area contributed by atoms with Gasteiger partial charge in [-0.15, -0.1) is 11.8 Å². The lowest BCUT2D eigenvalue weighted by atomic mass is 9.95. The van der Waals surface area contributed by atoms with Crippen LogP contribution >= 0.6 is 11.8 Å². The number of nitrogens with two attached hydrogens (primary N) is 1. The maximum atomic E-state index is 9.16. The Morgan fingerprint density at radius 2 is 2.26 bits per heavy atom. The second-order valence-electron chi connectivity index (χ2n) is 4.75. The van der Waals surface area contributed by atoms with E-state index in [1.54, 1.807) is 0 Å². The molecule has 0 saturated heterocycles. The lowest BCUT2D eigenvalue weighted by Crippen LogP contribution is -2.19. The fourth-order valence-electron chi connectivity index (χ4n) is 2.17. The van der Waals surface area contributed by atoms with Crippen LogP contribution in [0.15, 0.2) is 16.2 Å². The van der Waals surface area contributed by atoms with E-state index in [1.165, 1.54) is 17.3 Å². The van der Waals surface area contributed by atoms with Crippen LogP contribution in [0.5, 0.6) is 0 Å². The summed E-state index contributed by atoms with van der Waals surface area (Å²) >= 11 is 1.45. The molecule has 5 nitrogen and oxygen atoms in total. The normalized spacial score (nSPS) is 17.1. The quantitative estimate of drug-likeness (QED) is 0.256. The molecule has 1 unspecified atom stereocenters. The SMILES string of the molecule is CC(CO)Sc1nc2c(cc1C(N)=NO)CCCC2. The van der Waals surface area contributed by atoms with E-state index in [0.717, 1.165) is 36.4 Å². The standard InChI is InChI=1S/C13H19N3O2S/c1-8(7-17)19-13-10(12(14)16-18)6-9-4-2-3-5-11(9)15-13/h6,8,17-18H,2-5,7H2,1H3,(H2,14,16). The molecule has 0 bridgehead atoms. The highest BCUT2D eigenvalue weighted by atomic mass is 32.2. The minimum atomic E-state index is 0.0272. The van der Waals surface area contributed by atoms with Crippen LogP contribution < -0.4 is 5.73 Å². The van der Waals surface area contributed by atoms with E-state index in [9.17, 15) is 0 Å². The number of aryl methyl sites for hydroxylation is 2. The first kappa shape index (κ1) is 14.1. The van der Waals surface area contributed by atoms with E-state index in [1.807, 2.05) is 13.0 Å². The smallest absolute Gasteiger partial charge is 0.172 e. The predicted molar refractivity (Wildman–Crippen MR) is 75.8 cm³/mol. The molecule has 2 rings (SSSR count). The van der Waals surface area contributed by atoms with Crippen molar-refractivity contribution in [2.75, 3.05) is 6.61 Å². The monoisotopic (exact) mass is 281 g/mol. The van der Waals surface area contributed by atoms with Gasteiger partial charge in [-0.1, -0.05) is 12.1 Å². The fourth-order valence-corrected chi connectivity index (χ4v) is 3.08. The molecule has 1 heterocycles. The van der Waals surface area contributed by atoms with Crippen molar-refractivity contribution in [2.45, 2.75) is 42.9 Å². The Bertz CT molecular complexity index is 491. The maximum absolute atomic E-state index is 9.16. The van der Waals surface area contributed by atoms with E-state index in [0.29, 0.717) is 5.56 Å². The summed E-state index contributed by atoms with van der Waals surface area (Å²) in [6.45, 7) is 1.99. The fraction of sp³-hybridized carbons (Fsp3) is 0.538. The summed E-state index contributed by atoms with van der Waals surface area (Å²) in [7, 11) is 0. The minimum Gasteiger partial charge on any atom is -0.409 e. The summed E-state index contributed by atoms with van der Waals surface area (Å²) in [5.41, 5.74) is 8.68. The number of thioether (sulfide) groups is 1. The van der Waals surface area contributed by atoms with Crippen molar-refractivity contribution in [3.05, 3.63) is 22.9 Å². The summed E-state index contributed by atoms with van der Waals surface area (Å²) in [6, 6.07) is 1.98. The molecule has 1 aromatic rings. The number of aliphatic hydroxyl groups excluding tert-OH is 1. The van der Waals surface area contributed by atoms with Gasteiger partial charge in [-0.2, -0.15) is 0 Å². The first-order valence-electron chi connectivity index (χ1n) is 6.44. The molecule has 6 heteroatoms. The second kappa shape index (κ2) is 6.25. The number of amidine groups is 1. The van der Waals surface area contributed by atoms with Crippen molar-refractivity contribution in [1.82, 2.24) is 4.98 Å². The van der Waals surface area contributed by atoms with E-state index >= 15 is 0 Å². The summed E-state index contributed by atoms with van der Waals surface area (Å²) < 4.78 is 0. The number of oxime groups is 1. The van der Waals surface area contributed by atoms with Crippen molar-refractivity contribution in [3.63, 3.8) is 0 Å². The number of pyridine rings is 1. The average molecular weight is 281 g/mol. The zero-order valence-corrected chi connectivity index (χ0v) is 11.8. The van der Waals surface area contributed by atoms with Crippen LogP contribution in [-0.2, 0) is 12.8 Å². The summed E-state index contributed by atoms with van der Waals surface area (Å²) in [5.74, 6) is 0.0773. The van der Waals surface area contributed by atoms with Gasteiger partial charge in [-0.25, -0.2) is 4.98 Å². The van der Waals surface area contributed by atoms with Gasteiger partial charge >= 0.3 is 0 Å². The molecule has 104 valence electrons. The van der Waals surface area contributed by atoms with Crippen LogP contribution in [0, 0.1) is 0 Å². The summed E-state index contributed by atoms with van der Waals surface area (Å²) in [6.07, 6.45) is 4.29. The second-order valence-corrected chi connectivity index (χ2v) is 6.18. The Hall–Kier alpha value is -1.27. The largest absolute Gasteiger partial charge is 0.409 e. The predicted octanol–water partition coefficient (Wildman–Crippen LogP) is 1.53. The number of aromatic nitrogens is 1. The van der Waals surface area contributed by atoms with Gasteiger partial charge in [-0.05, 0) is 37.3 Å². The summed E-state index contributed by atoms with van der Waals surface area (Å²) in [4.78, 5) is 4.65. The van der Waals surface area contributed by atoms with Gasteiger partial charge in [0.2, 0.25) is 0 Å². The molecular formula is C13H19N3O2S. The van der Waals surface area contributed by atoms with Crippen molar-refractivity contribution in [1.29, 1.82) is 0 Å². The van der Waals surface area contributed by atoms with E-state index < -0.39 is 0 Å². The minimum absolute atomic E-state index is 0.0272. The highest BCUT2D eigenvalue weighted by Gasteiger charge is 2.19. The van der Waals surface area contributed by atoms with Crippen molar-refractivity contribution >= 4 is 17.6 Å². The lowest BCUT2D eigenvalue weighted by molar-refractivity contribution is 0.300. The molecule has 0 aromatic carbocycles. The van der Waals surface area contributed by atoms with Crippen LogP contribution in [0.4, 0.5) is 0 Å². The van der Waals surface area contributed by atoms with Crippen molar-refractivity contribution in [2.24, 2.45) is 10.9 Å². The van der Waals surface area contributed by atoms with E-state index in [-0.39, 0.29) is 17.7 Å². The molecule has 4 N–H and O–H groups in total. The molecule has 19 heavy (non-hydrogen) atoms. The molecule has 1 atom stereocenters. The number of nitrogens with zero attached hydrogens (tertiary/aromatic N) is 2. The first-order chi connectivity index (χ1) is 9.15. The molecule has 0 amide bonds. The van der Waals surface area contributed by atoms with Crippen molar-refractivity contribution < 1.29 is 10.3 Å². The number of hydrogen-bond donors (Lipinski definition) is 3. The molecule has 1 aliphatic rings. The van der Waals surface area contributed by atoms with Gasteiger partial charge in [0, 0.05) is 10.9 Å². The third kappa shape index (κ3) is 3.19. The lowest BCUT2D eigenvalue weighted by Gasteiger charge is -2.19. The van der Waals surface area contributed by atoms with Gasteiger partial charge in [0.05, 0.1) is 12.2 Å². The Morgan fingerprint density at radius 1 is 1.53 bits per heavy atom. The maximum Gasteiger partial charge on any atom is 0.172 e. The van der Waals surface area contributed by atoms with Crippen LogP contribution in [0.2, 0.25) is 0 Å². The zero-order chi connectivity index (χ0) is 13.8. The molecule has 0 aliphatic heterocycles. The number of rotatable bonds is 4. The van der Waals surface area contributed by atoms with Gasteiger partial charge in [0.1, 0.15) is 5.03 Å².